The molecule has 3 heterocycles. The molecule has 1 unspecified atom stereocenters. The van der Waals surface area contributed by atoms with Crippen molar-refractivity contribution in [2.24, 2.45) is 10.9 Å². The highest BCUT2D eigenvalue weighted by Crippen LogP contribution is 2.38. The number of anilines is 2. The molecule has 9 nitrogen and oxygen atoms in total. The first-order valence-corrected chi connectivity index (χ1v) is 13.6. The van der Waals surface area contributed by atoms with Crippen molar-refractivity contribution in [3.05, 3.63) is 41.2 Å². The first kappa shape index (κ1) is 31.2. The van der Waals surface area contributed by atoms with Gasteiger partial charge in [-0.2, -0.15) is 13.2 Å². The Morgan fingerprint density at radius 3 is 2.33 bits per heavy atom. The van der Waals surface area contributed by atoms with E-state index in [0.29, 0.717) is 36.6 Å². The number of rotatable bonds is 4. The lowest BCUT2D eigenvalue weighted by molar-refractivity contribution is -0.124. The zero-order valence-corrected chi connectivity index (χ0v) is 24.4. The van der Waals surface area contributed by atoms with Crippen LogP contribution in [-0.2, 0) is 14.3 Å². The van der Waals surface area contributed by atoms with Crippen LogP contribution >= 0.6 is 0 Å². The average molecular weight is 594 g/mol. The van der Waals surface area contributed by atoms with Crippen molar-refractivity contribution < 1.29 is 36.7 Å². The van der Waals surface area contributed by atoms with E-state index in [1.165, 1.54) is 17.0 Å². The Hall–Kier alpha value is -3.74. The van der Waals surface area contributed by atoms with E-state index in [9.17, 15) is 27.6 Å². The number of likely N-dealkylation sites (N-methyl/N-ethyl adjacent to an activating group) is 1. The highest BCUT2D eigenvalue weighted by atomic mass is 19.4. The number of halogens is 4. The molecule has 3 amide bonds. The Bertz CT molecular complexity index is 1350. The molecule has 1 N–H and O–H groups in total. The van der Waals surface area contributed by atoms with Gasteiger partial charge in [-0.25, -0.2) is 14.2 Å². The second-order valence-electron chi connectivity index (χ2n) is 11.9. The van der Waals surface area contributed by atoms with E-state index in [-0.39, 0.29) is 36.4 Å². The summed E-state index contributed by atoms with van der Waals surface area (Å²) in [6, 6.07) is 2.77. The van der Waals surface area contributed by atoms with Gasteiger partial charge in [0.2, 0.25) is 5.91 Å². The standard InChI is InChI=1S/C29H35F4N5O4/c1-16-13-38(14-17(2)36(16)6)24-11-22(30)19(18-7-8-37(15-18)27(41)42-28(3,4)5)9-23(24)35-26(40)20-12-34-25(39)10-21(20)29(31,32)33/h7,9-12,16-17,20H,8,13-15H2,1-6H3,(H,35,40)/t16-,17+,20?. The molecular weight excluding hydrogens is 558 g/mol. The largest absolute Gasteiger partial charge is 0.444 e. The van der Waals surface area contributed by atoms with Crippen molar-refractivity contribution in [1.82, 2.24) is 9.80 Å². The van der Waals surface area contributed by atoms with Crippen LogP contribution in [0.25, 0.3) is 5.57 Å². The van der Waals surface area contributed by atoms with Gasteiger partial charge in [-0.1, -0.05) is 6.08 Å². The summed E-state index contributed by atoms with van der Waals surface area (Å²) in [5, 5.41) is 2.55. The maximum atomic E-state index is 15.7. The minimum Gasteiger partial charge on any atom is -0.444 e. The first-order valence-electron chi connectivity index (χ1n) is 13.6. The fourth-order valence-electron chi connectivity index (χ4n) is 5.15. The van der Waals surface area contributed by atoms with Crippen LogP contribution in [0, 0.1) is 11.7 Å². The van der Waals surface area contributed by atoms with Crippen molar-refractivity contribution in [1.29, 1.82) is 0 Å². The van der Waals surface area contributed by atoms with Crippen molar-refractivity contribution in [3.63, 3.8) is 0 Å². The molecule has 3 aliphatic rings. The van der Waals surface area contributed by atoms with Gasteiger partial charge in [0.15, 0.2) is 0 Å². The third-order valence-corrected chi connectivity index (χ3v) is 7.54. The summed E-state index contributed by atoms with van der Waals surface area (Å²) >= 11 is 0. The number of carbonyl (C=O) groups is 3. The number of benzene rings is 1. The van der Waals surface area contributed by atoms with Crippen LogP contribution in [0.15, 0.2) is 34.9 Å². The third-order valence-electron chi connectivity index (χ3n) is 7.54. The summed E-state index contributed by atoms with van der Waals surface area (Å²) in [4.78, 5) is 46.2. The quantitative estimate of drug-likeness (QED) is 0.512. The SMILES string of the molecule is C[C@@H]1CN(c2cc(F)c(C3=CCN(C(=O)OC(C)(C)C)C3)cc2NC(=O)C2C=NC(=O)C=C2C(F)(F)F)C[C@H](C)N1C. The van der Waals surface area contributed by atoms with Gasteiger partial charge in [0.1, 0.15) is 17.3 Å². The molecule has 0 spiro atoms. The van der Waals surface area contributed by atoms with E-state index in [2.05, 4.69) is 15.2 Å². The molecule has 0 aromatic heterocycles. The summed E-state index contributed by atoms with van der Waals surface area (Å²) in [6.45, 7) is 10.4. The Kier molecular flexibility index (Phi) is 8.55. The molecule has 13 heteroatoms. The van der Waals surface area contributed by atoms with Crippen molar-refractivity contribution >= 4 is 41.1 Å². The Balaban J connectivity index is 1.69. The van der Waals surface area contributed by atoms with Crippen molar-refractivity contribution in [2.45, 2.75) is 58.5 Å². The van der Waals surface area contributed by atoms with Crippen LogP contribution in [0.4, 0.5) is 33.7 Å². The minimum absolute atomic E-state index is 0.0412. The molecule has 3 aliphatic heterocycles. The van der Waals surface area contributed by atoms with E-state index >= 15 is 4.39 Å². The van der Waals surface area contributed by atoms with Crippen LogP contribution in [0.2, 0.25) is 0 Å². The van der Waals surface area contributed by atoms with Crippen LogP contribution in [-0.4, -0.2) is 91.0 Å². The van der Waals surface area contributed by atoms with E-state index in [0.717, 1.165) is 0 Å². The minimum atomic E-state index is -4.94. The number of ether oxygens (including phenoxy) is 1. The van der Waals surface area contributed by atoms with Crippen LogP contribution in [0.3, 0.4) is 0 Å². The summed E-state index contributed by atoms with van der Waals surface area (Å²) < 4.78 is 62.3. The maximum Gasteiger partial charge on any atom is 0.414 e. The lowest BCUT2D eigenvalue weighted by atomic mass is 9.95. The maximum absolute atomic E-state index is 15.7. The zero-order valence-electron chi connectivity index (χ0n) is 24.4. The number of alkyl halides is 3. The fourth-order valence-corrected chi connectivity index (χ4v) is 5.15. The Morgan fingerprint density at radius 2 is 1.74 bits per heavy atom. The van der Waals surface area contributed by atoms with Crippen molar-refractivity contribution in [2.75, 3.05) is 43.4 Å². The second-order valence-corrected chi connectivity index (χ2v) is 11.9. The molecule has 228 valence electrons. The molecule has 42 heavy (non-hydrogen) atoms. The highest BCUT2D eigenvalue weighted by Gasteiger charge is 2.43. The Labute approximate surface area is 241 Å². The lowest BCUT2D eigenvalue weighted by Crippen LogP contribution is -2.55. The predicted molar refractivity (Wildman–Crippen MR) is 151 cm³/mol. The molecule has 4 rings (SSSR count). The van der Waals surface area contributed by atoms with Crippen LogP contribution in [0.5, 0.6) is 0 Å². The highest BCUT2D eigenvalue weighted by molar-refractivity contribution is 6.11. The summed E-state index contributed by atoms with van der Waals surface area (Å²) in [6.07, 6.45) is -2.87. The second kappa shape index (κ2) is 11.5. The molecule has 0 bridgehead atoms. The molecule has 1 fully saturated rings. The number of nitrogens with one attached hydrogen (secondary N) is 1. The third kappa shape index (κ3) is 6.83. The van der Waals surface area contributed by atoms with E-state index < -0.39 is 47.0 Å². The number of hydrogen-bond acceptors (Lipinski definition) is 6. The van der Waals surface area contributed by atoms with Gasteiger partial charge in [0, 0.05) is 56.1 Å². The molecule has 1 aromatic carbocycles. The van der Waals surface area contributed by atoms with Crippen LogP contribution in [0.1, 0.15) is 40.2 Å². The molecule has 0 aliphatic carbocycles. The van der Waals surface area contributed by atoms with Gasteiger partial charge in [0.05, 0.1) is 16.9 Å². The number of piperazine rings is 1. The van der Waals surface area contributed by atoms with Gasteiger partial charge < -0.3 is 19.9 Å². The van der Waals surface area contributed by atoms with Gasteiger partial charge in [-0.15, -0.1) is 0 Å². The molecule has 0 saturated carbocycles. The first-order chi connectivity index (χ1) is 19.4. The molecule has 0 radical (unpaired) electrons. The predicted octanol–water partition coefficient (Wildman–Crippen LogP) is 4.64. The zero-order chi connectivity index (χ0) is 31.1. The fraction of sp³-hybridized carbons (Fsp3) is 0.517. The smallest absolute Gasteiger partial charge is 0.414 e. The number of nitrogens with zero attached hydrogens (tertiary/aromatic N) is 4. The number of aliphatic imine (C=N–C) groups is 1. The summed E-state index contributed by atoms with van der Waals surface area (Å²) in [5.41, 5.74) is -1.10. The topological polar surface area (TPSA) is 94.5 Å². The normalized spacial score (nSPS) is 23.6. The molecule has 1 saturated heterocycles. The van der Waals surface area contributed by atoms with Gasteiger partial charge in [0.25, 0.3) is 5.91 Å². The van der Waals surface area contributed by atoms with Crippen molar-refractivity contribution in [3.8, 4) is 0 Å². The average Bonchev–Trinajstić information content (AvgIpc) is 3.36. The van der Waals surface area contributed by atoms with Crippen LogP contribution < -0.4 is 10.2 Å². The molecular formula is C29H35F4N5O4. The van der Waals surface area contributed by atoms with Gasteiger partial charge in [-0.05, 0) is 59.4 Å². The summed E-state index contributed by atoms with van der Waals surface area (Å²) in [5.74, 6) is -4.66. The number of carbonyl (C=O) groups excluding carboxylic acids is 3. The molecule has 1 aromatic rings. The summed E-state index contributed by atoms with van der Waals surface area (Å²) in [7, 11) is 1.97. The number of dihydropyridines is 1. The number of amides is 3. The van der Waals surface area contributed by atoms with Gasteiger partial charge >= 0.3 is 12.3 Å². The lowest BCUT2D eigenvalue weighted by Gasteiger charge is -2.44. The molecule has 3 atom stereocenters. The van der Waals surface area contributed by atoms with E-state index in [4.69, 9.17) is 4.74 Å². The number of hydrogen-bond donors (Lipinski definition) is 1. The van der Waals surface area contributed by atoms with E-state index in [1.807, 2.05) is 25.8 Å². The Morgan fingerprint density at radius 1 is 1.10 bits per heavy atom. The van der Waals surface area contributed by atoms with E-state index in [1.54, 1.807) is 26.8 Å². The van der Waals surface area contributed by atoms with Gasteiger partial charge in [-0.3, -0.25) is 14.5 Å². The monoisotopic (exact) mass is 593 g/mol.